The number of rotatable bonds is 8. The number of hydrogen-bond acceptors (Lipinski definition) is 3. The monoisotopic (exact) mass is 510 g/mol. The van der Waals surface area contributed by atoms with Crippen molar-refractivity contribution < 1.29 is 23.4 Å². The van der Waals surface area contributed by atoms with Crippen molar-refractivity contribution in [1.29, 1.82) is 0 Å². The van der Waals surface area contributed by atoms with Crippen LogP contribution in [-0.4, -0.2) is 32.6 Å². The van der Waals surface area contributed by atoms with Crippen LogP contribution in [0, 0.1) is 17.6 Å². The lowest BCUT2D eigenvalue weighted by atomic mass is 10.1. The van der Waals surface area contributed by atoms with Gasteiger partial charge in [0.15, 0.2) is 11.6 Å². The van der Waals surface area contributed by atoms with Crippen molar-refractivity contribution in [2.24, 2.45) is 5.92 Å². The fourth-order valence-electron chi connectivity index (χ4n) is 4.76. The second-order valence-corrected chi connectivity index (χ2v) is 9.86. The fraction of sp³-hybridized carbons (Fsp3) is 0.286. The predicted molar refractivity (Wildman–Crippen MR) is 134 cm³/mol. The van der Waals surface area contributed by atoms with E-state index >= 15 is 0 Å². The number of benzene rings is 3. The first-order chi connectivity index (χ1) is 17.4. The molecule has 0 amide bonds. The van der Waals surface area contributed by atoms with Crippen LogP contribution in [-0.2, 0) is 17.8 Å². The number of imidazole rings is 1. The molecular formula is C28H25ClF2N2O3. The van der Waals surface area contributed by atoms with Gasteiger partial charge < -0.3 is 14.4 Å². The number of aliphatic carboxylic acids is 1. The van der Waals surface area contributed by atoms with Gasteiger partial charge in [0.25, 0.3) is 0 Å². The van der Waals surface area contributed by atoms with Gasteiger partial charge >= 0.3 is 5.97 Å². The van der Waals surface area contributed by atoms with E-state index in [4.69, 9.17) is 21.4 Å². The number of alkyl halides is 1. The Bertz CT molecular complexity index is 1400. The number of carboxylic acid groups (broad SMARTS) is 1. The summed E-state index contributed by atoms with van der Waals surface area (Å²) in [5.41, 5.74) is 3.06. The molecule has 0 bridgehead atoms. The van der Waals surface area contributed by atoms with Crippen LogP contribution in [0.15, 0.2) is 60.7 Å². The quantitative estimate of drug-likeness (QED) is 0.277. The van der Waals surface area contributed by atoms with Crippen molar-refractivity contribution in [3.05, 3.63) is 83.4 Å². The Balaban J connectivity index is 1.53. The summed E-state index contributed by atoms with van der Waals surface area (Å²) in [6.07, 6.45) is 2.85. The van der Waals surface area contributed by atoms with Gasteiger partial charge in [-0.05, 0) is 48.4 Å². The van der Waals surface area contributed by atoms with E-state index in [9.17, 15) is 13.6 Å². The molecule has 0 aliphatic heterocycles. The summed E-state index contributed by atoms with van der Waals surface area (Å²) >= 11 is 6.26. The summed E-state index contributed by atoms with van der Waals surface area (Å²) in [5.74, 6) is -1.26. The number of fused-ring (bicyclic) bond motifs is 1. The predicted octanol–water partition coefficient (Wildman–Crippen LogP) is 6.44. The van der Waals surface area contributed by atoms with Crippen LogP contribution < -0.4 is 4.74 Å². The van der Waals surface area contributed by atoms with Gasteiger partial charge in [0, 0.05) is 24.1 Å². The van der Waals surface area contributed by atoms with Crippen LogP contribution >= 0.6 is 11.6 Å². The van der Waals surface area contributed by atoms with Gasteiger partial charge in [0.1, 0.15) is 11.6 Å². The first-order valence-electron chi connectivity index (χ1n) is 11.9. The van der Waals surface area contributed by atoms with Crippen LogP contribution in [0.25, 0.3) is 22.4 Å². The van der Waals surface area contributed by atoms with Gasteiger partial charge in [-0.3, -0.25) is 4.79 Å². The molecule has 5 rings (SSSR count). The highest BCUT2D eigenvalue weighted by Crippen LogP contribution is 2.35. The van der Waals surface area contributed by atoms with E-state index in [1.54, 1.807) is 12.1 Å². The Kier molecular flexibility index (Phi) is 6.92. The van der Waals surface area contributed by atoms with Gasteiger partial charge in [0.2, 0.25) is 0 Å². The summed E-state index contributed by atoms with van der Waals surface area (Å²) in [7, 11) is 0. The Morgan fingerprint density at radius 3 is 2.50 bits per heavy atom. The number of hydrogen-bond donors (Lipinski definition) is 1. The zero-order valence-corrected chi connectivity index (χ0v) is 20.2. The standard InChI is InChI=1S/C28H25ClF2N2O3/c29-20-10-9-19(11-20)16-36-26-4-2-1-3-21(26)28-32-24-13-22(30)23(31)14-25(24)33(28)15-18-7-5-17(6-8-18)12-27(34)35/h1-8,13-14,19-20H,9-12,15-16H2,(H,34,35). The van der Waals surface area contributed by atoms with E-state index in [0.717, 1.165) is 42.5 Å². The number of ether oxygens (including phenoxy) is 1. The topological polar surface area (TPSA) is 64.3 Å². The largest absolute Gasteiger partial charge is 0.493 e. The first-order valence-corrected chi connectivity index (χ1v) is 12.3. The third kappa shape index (κ3) is 5.21. The molecule has 0 spiro atoms. The van der Waals surface area contributed by atoms with E-state index in [0.29, 0.717) is 47.2 Å². The summed E-state index contributed by atoms with van der Waals surface area (Å²) in [6, 6.07) is 16.9. The number of halogens is 3. The van der Waals surface area contributed by atoms with Crippen LogP contribution in [0.4, 0.5) is 8.78 Å². The lowest BCUT2D eigenvalue weighted by molar-refractivity contribution is -0.136. The highest BCUT2D eigenvalue weighted by Gasteiger charge is 2.24. The number of carboxylic acids is 1. The van der Waals surface area contributed by atoms with E-state index in [1.807, 2.05) is 41.0 Å². The maximum Gasteiger partial charge on any atom is 0.307 e. The molecule has 8 heteroatoms. The normalized spacial score (nSPS) is 17.5. The van der Waals surface area contributed by atoms with E-state index < -0.39 is 17.6 Å². The minimum Gasteiger partial charge on any atom is -0.493 e. The maximum absolute atomic E-state index is 14.3. The molecule has 5 nitrogen and oxygen atoms in total. The minimum absolute atomic E-state index is 0.0692. The molecule has 2 atom stereocenters. The number of nitrogens with zero attached hydrogens (tertiary/aromatic N) is 2. The second-order valence-electron chi connectivity index (χ2n) is 9.25. The van der Waals surface area contributed by atoms with E-state index in [2.05, 4.69) is 4.98 Å². The average Bonchev–Trinajstić information content (AvgIpc) is 3.42. The van der Waals surface area contributed by atoms with Gasteiger partial charge in [-0.1, -0.05) is 36.4 Å². The Hall–Kier alpha value is -3.45. The van der Waals surface area contributed by atoms with Crippen molar-refractivity contribution in [2.75, 3.05) is 6.61 Å². The molecule has 1 heterocycles. The number of para-hydroxylation sites is 1. The second kappa shape index (κ2) is 10.3. The first kappa shape index (κ1) is 24.3. The summed E-state index contributed by atoms with van der Waals surface area (Å²) in [5, 5.41) is 9.21. The third-order valence-corrected chi connectivity index (χ3v) is 6.99. The lowest BCUT2D eigenvalue weighted by Crippen LogP contribution is -2.10. The van der Waals surface area contributed by atoms with Crippen molar-refractivity contribution >= 4 is 28.6 Å². The van der Waals surface area contributed by atoms with Gasteiger partial charge in [-0.2, -0.15) is 0 Å². The van der Waals surface area contributed by atoms with Crippen molar-refractivity contribution in [3.8, 4) is 17.1 Å². The molecule has 1 fully saturated rings. The summed E-state index contributed by atoms with van der Waals surface area (Å²) < 4.78 is 36.4. The van der Waals surface area contributed by atoms with Gasteiger partial charge in [-0.15, -0.1) is 11.6 Å². The van der Waals surface area contributed by atoms with Crippen LogP contribution in [0.3, 0.4) is 0 Å². The molecule has 36 heavy (non-hydrogen) atoms. The van der Waals surface area contributed by atoms with E-state index in [-0.39, 0.29) is 11.8 Å². The fourth-order valence-corrected chi connectivity index (χ4v) is 5.13. The smallest absolute Gasteiger partial charge is 0.307 e. The molecule has 186 valence electrons. The molecule has 1 aromatic heterocycles. The average molecular weight is 511 g/mol. The summed E-state index contributed by atoms with van der Waals surface area (Å²) in [6.45, 7) is 0.865. The SMILES string of the molecule is O=C(O)Cc1ccc(Cn2c(-c3ccccc3OCC3CCC(Cl)C3)nc3cc(F)c(F)cc32)cc1. The Labute approximate surface area is 212 Å². The van der Waals surface area contributed by atoms with E-state index in [1.165, 1.54) is 0 Å². The molecule has 1 aliphatic carbocycles. The molecule has 1 saturated carbocycles. The maximum atomic E-state index is 14.3. The molecule has 1 N–H and O–H groups in total. The molecule has 3 aromatic carbocycles. The van der Waals surface area contributed by atoms with Crippen LogP contribution in [0.2, 0.25) is 0 Å². The highest BCUT2D eigenvalue weighted by atomic mass is 35.5. The van der Waals surface area contributed by atoms with Crippen molar-refractivity contribution in [3.63, 3.8) is 0 Å². The van der Waals surface area contributed by atoms with Crippen LogP contribution in [0.5, 0.6) is 5.75 Å². The zero-order valence-electron chi connectivity index (χ0n) is 19.5. The molecule has 4 aromatic rings. The number of carbonyl (C=O) groups is 1. The van der Waals surface area contributed by atoms with Gasteiger partial charge in [-0.25, -0.2) is 13.8 Å². The summed E-state index contributed by atoms with van der Waals surface area (Å²) in [4.78, 5) is 15.7. The molecule has 0 saturated heterocycles. The molecule has 1 aliphatic rings. The zero-order chi connectivity index (χ0) is 25.2. The van der Waals surface area contributed by atoms with Crippen LogP contribution in [0.1, 0.15) is 30.4 Å². The van der Waals surface area contributed by atoms with Gasteiger partial charge in [0.05, 0.1) is 29.6 Å². The Morgan fingerprint density at radius 2 is 1.78 bits per heavy atom. The molecular weight excluding hydrogens is 486 g/mol. The highest BCUT2D eigenvalue weighted by molar-refractivity contribution is 6.20. The molecule has 2 unspecified atom stereocenters. The molecule has 0 radical (unpaired) electrons. The van der Waals surface area contributed by atoms with Crippen molar-refractivity contribution in [2.45, 2.75) is 37.6 Å². The van der Waals surface area contributed by atoms with Crippen molar-refractivity contribution in [1.82, 2.24) is 9.55 Å². The Morgan fingerprint density at radius 1 is 1.06 bits per heavy atom. The minimum atomic E-state index is -0.960. The number of aromatic nitrogens is 2. The third-order valence-electron chi connectivity index (χ3n) is 6.59. The lowest BCUT2D eigenvalue weighted by Gasteiger charge is -2.16.